The monoisotopic (exact) mass is 209 g/mol. The smallest absolute Gasteiger partial charge is 0.368 e. The van der Waals surface area contributed by atoms with Crippen molar-refractivity contribution >= 4 is 5.82 Å². The van der Waals surface area contributed by atoms with Gasteiger partial charge in [-0.3, -0.25) is 0 Å². The maximum atomic E-state index is 10.6. The number of nitrogens with two attached hydrogens (primary N) is 1. The molecule has 1 aliphatic carbocycles. The topological polar surface area (TPSA) is 91.3 Å². The molecule has 1 heterocycles. The van der Waals surface area contributed by atoms with Crippen molar-refractivity contribution in [1.29, 1.82) is 0 Å². The molecule has 0 aliphatic heterocycles. The molecule has 0 saturated heterocycles. The van der Waals surface area contributed by atoms with Gasteiger partial charge in [0.1, 0.15) is 0 Å². The van der Waals surface area contributed by atoms with Gasteiger partial charge in [0, 0.05) is 6.54 Å². The van der Waals surface area contributed by atoms with Gasteiger partial charge in [-0.2, -0.15) is 0 Å². The molecule has 0 unspecified atom stereocenters. The van der Waals surface area contributed by atoms with Crippen LogP contribution < -0.4 is 10.5 Å². The summed E-state index contributed by atoms with van der Waals surface area (Å²) < 4.78 is 5.46. The lowest BCUT2D eigenvalue weighted by Gasteiger charge is -2.04. The minimum Gasteiger partial charge on any atom is -0.486 e. The van der Waals surface area contributed by atoms with Gasteiger partial charge >= 0.3 is 5.82 Å². The fourth-order valence-electron chi connectivity index (χ4n) is 1.24. The van der Waals surface area contributed by atoms with E-state index in [2.05, 4.69) is 4.98 Å². The van der Waals surface area contributed by atoms with Crippen molar-refractivity contribution in [3.63, 3.8) is 0 Å². The molecule has 1 saturated carbocycles. The molecule has 2 N–H and O–H groups in total. The van der Waals surface area contributed by atoms with E-state index in [1.54, 1.807) is 6.07 Å². The maximum absolute atomic E-state index is 10.6. The number of nitrogens with zero attached hydrogens (tertiary/aromatic N) is 2. The minimum atomic E-state index is -0.539. The SMILES string of the molecule is NCc1cc(OC2CC2)cnc1[N+](=O)[O-]. The molecule has 0 spiro atoms. The Morgan fingerprint density at radius 3 is 2.93 bits per heavy atom. The Morgan fingerprint density at radius 2 is 2.40 bits per heavy atom. The van der Waals surface area contributed by atoms with Crippen LogP contribution in [-0.4, -0.2) is 16.0 Å². The Labute approximate surface area is 86.2 Å². The average molecular weight is 209 g/mol. The zero-order valence-corrected chi connectivity index (χ0v) is 8.05. The van der Waals surface area contributed by atoms with Crippen LogP contribution in [0.1, 0.15) is 18.4 Å². The molecule has 6 nitrogen and oxygen atoms in total. The number of pyridine rings is 1. The molecule has 0 radical (unpaired) electrons. The van der Waals surface area contributed by atoms with Gasteiger partial charge in [0.25, 0.3) is 0 Å². The molecule has 1 aromatic rings. The van der Waals surface area contributed by atoms with Gasteiger partial charge in [-0.15, -0.1) is 0 Å². The highest BCUT2D eigenvalue weighted by Crippen LogP contribution is 2.28. The van der Waals surface area contributed by atoms with Crippen LogP contribution in [0.3, 0.4) is 0 Å². The number of hydrogen-bond donors (Lipinski definition) is 1. The quantitative estimate of drug-likeness (QED) is 0.589. The maximum Gasteiger partial charge on any atom is 0.368 e. The summed E-state index contributed by atoms with van der Waals surface area (Å²) in [6, 6.07) is 1.59. The molecular weight excluding hydrogens is 198 g/mol. The number of rotatable bonds is 4. The van der Waals surface area contributed by atoms with E-state index >= 15 is 0 Å². The van der Waals surface area contributed by atoms with Gasteiger partial charge in [-0.1, -0.05) is 0 Å². The minimum absolute atomic E-state index is 0.0885. The van der Waals surface area contributed by atoms with Crippen LogP contribution >= 0.6 is 0 Å². The van der Waals surface area contributed by atoms with Gasteiger partial charge in [0.15, 0.2) is 11.9 Å². The number of ether oxygens (including phenoxy) is 1. The van der Waals surface area contributed by atoms with Crippen LogP contribution in [-0.2, 0) is 6.54 Å². The van der Waals surface area contributed by atoms with Crippen molar-refractivity contribution in [1.82, 2.24) is 4.98 Å². The Balaban J connectivity index is 2.24. The van der Waals surface area contributed by atoms with Crippen molar-refractivity contribution in [2.75, 3.05) is 0 Å². The molecule has 1 fully saturated rings. The van der Waals surface area contributed by atoms with E-state index in [-0.39, 0.29) is 18.5 Å². The van der Waals surface area contributed by atoms with Crippen LogP contribution in [0.5, 0.6) is 5.75 Å². The predicted octanol–water partition coefficient (Wildman–Crippen LogP) is 0.990. The number of nitro groups is 1. The predicted molar refractivity (Wildman–Crippen MR) is 52.4 cm³/mol. The van der Waals surface area contributed by atoms with Crippen LogP contribution in [0, 0.1) is 10.1 Å². The van der Waals surface area contributed by atoms with Crippen LogP contribution in [0.2, 0.25) is 0 Å². The second-order valence-corrected chi connectivity index (χ2v) is 3.43. The summed E-state index contributed by atoms with van der Waals surface area (Å²) in [7, 11) is 0. The van der Waals surface area contributed by atoms with E-state index in [1.165, 1.54) is 6.20 Å². The molecule has 1 aromatic heterocycles. The molecule has 80 valence electrons. The van der Waals surface area contributed by atoms with Crippen LogP contribution in [0.15, 0.2) is 12.3 Å². The first-order chi connectivity index (χ1) is 7.20. The lowest BCUT2D eigenvalue weighted by molar-refractivity contribution is -0.390. The lowest BCUT2D eigenvalue weighted by atomic mass is 10.2. The summed E-state index contributed by atoms with van der Waals surface area (Å²) in [6.45, 7) is 0.0885. The van der Waals surface area contributed by atoms with Gasteiger partial charge in [-0.05, 0) is 28.8 Å². The Kier molecular flexibility index (Phi) is 2.51. The largest absolute Gasteiger partial charge is 0.486 e. The summed E-state index contributed by atoms with van der Waals surface area (Å²) in [5, 5.41) is 10.6. The molecule has 2 rings (SSSR count). The molecule has 1 aliphatic rings. The van der Waals surface area contributed by atoms with E-state index in [0.29, 0.717) is 11.3 Å². The van der Waals surface area contributed by atoms with Gasteiger partial charge in [0.05, 0.1) is 11.7 Å². The molecule has 0 atom stereocenters. The number of hydrogen-bond acceptors (Lipinski definition) is 5. The molecule has 0 amide bonds. The first kappa shape index (κ1) is 9.85. The molecule has 0 bridgehead atoms. The van der Waals surface area contributed by atoms with E-state index in [9.17, 15) is 10.1 Å². The van der Waals surface area contributed by atoms with Crippen LogP contribution in [0.4, 0.5) is 5.82 Å². The first-order valence-corrected chi connectivity index (χ1v) is 4.70. The van der Waals surface area contributed by atoms with E-state index in [0.717, 1.165) is 12.8 Å². The molecule has 15 heavy (non-hydrogen) atoms. The third-order valence-corrected chi connectivity index (χ3v) is 2.14. The highest BCUT2D eigenvalue weighted by Gasteiger charge is 2.25. The zero-order valence-electron chi connectivity index (χ0n) is 8.05. The lowest BCUT2D eigenvalue weighted by Crippen LogP contribution is -2.05. The second kappa shape index (κ2) is 3.82. The van der Waals surface area contributed by atoms with Crippen molar-refractivity contribution < 1.29 is 9.66 Å². The number of aromatic nitrogens is 1. The Morgan fingerprint density at radius 1 is 1.67 bits per heavy atom. The Hall–Kier alpha value is -1.69. The van der Waals surface area contributed by atoms with Crippen molar-refractivity contribution in [2.45, 2.75) is 25.5 Å². The fourth-order valence-corrected chi connectivity index (χ4v) is 1.24. The zero-order chi connectivity index (χ0) is 10.8. The summed E-state index contributed by atoms with van der Waals surface area (Å²) in [4.78, 5) is 13.8. The average Bonchev–Trinajstić information content (AvgIpc) is 3.01. The third-order valence-electron chi connectivity index (χ3n) is 2.14. The van der Waals surface area contributed by atoms with E-state index < -0.39 is 4.92 Å². The fraction of sp³-hybridized carbons (Fsp3) is 0.444. The summed E-state index contributed by atoms with van der Waals surface area (Å²) in [6.07, 6.45) is 3.69. The summed E-state index contributed by atoms with van der Waals surface area (Å²) in [5.41, 5.74) is 5.80. The van der Waals surface area contributed by atoms with Crippen LogP contribution in [0.25, 0.3) is 0 Å². The molecular formula is C9H11N3O3. The van der Waals surface area contributed by atoms with Gasteiger partial charge in [-0.25, -0.2) is 0 Å². The van der Waals surface area contributed by atoms with Crippen molar-refractivity contribution in [2.24, 2.45) is 5.73 Å². The standard InChI is InChI=1S/C9H11N3O3/c10-4-6-3-8(15-7-1-2-7)5-11-9(6)12(13)14/h3,5,7H,1-2,4,10H2. The summed E-state index contributed by atoms with van der Waals surface area (Å²) >= 11 is 0. The van der Waals surface area contributed by atoms with Gasteiger partial charge < -0.3 is 20.6 Å². The van der Waals surface area contributed by atoms with Crippen molar-refractivity contribution in [3.05, 3.63) is 27.9 Å². The highest BCUT2D eigenvalue weighted by atomic mass is 16.6. The van der Waals surface area contributed by atoms with E-state index in [4.69, 9.17) is 10.5 Å². The third kappa shape index (κ3) is 2.21. The Bertz CT molecular complexity index is 390. The highest BCUT2D eigenvalue weighted by molar-refractivity contribution is 5.37. The molecule has 0 aromatic carbocycles. The summed E-state index contributed by atoms with van der Waals surface area (Å²) in [5.74, 6) is 0.365. The first-order valence-electron chi connectivity index (χ1n) is 4.70. The normalized spacial score (nSPS) is 15.0. The van der Waals surface area contributed by atoms with E-state index in [1.807, 2.05) is 0 Å². The van der Waals surface area contributed by atoms with Gasteiger partial charge in [0.2, 0.25) is 0 Å². The second-order valence-electron chi connectivity index (χ2n) is 3.43. The molecule has 6 heteroatoms. The van der Waals surface area contributed by atoms with Crippen molar-refractivity contribution in [3.8, 4) is 5.75 Å².